The Labute approximate surface area is 147 Å². The molecule has 1 N–H and O–H groups in total. The second kappa shape index (κ2) is 8.15. The van der Waals surface area contributed by atoms with Gasteiger partial charge >= 0.3 is 0 Å². The molecule has 0 saturated heterocycles. The molecular formula is C20H21N3O2. The second-order valence-corrected chi connectivity index (χ2v) is 5.72. The molecule has 1 amide bonds. The number of carbonyl (C=O) groups excluding carboxylic acids is 1. The van der Waals surface area contributed by atoms with Gasteiger partial charge in [0.05, 0.1) is 12.7 Å². The van der Waals surface area contributed by atoms with Crippen molar-refractivity contribution in [2.75, 3.05) is 6.54 Å². The molecule has 0 aliphatic carbocycles. The van der Waals surface area contributed by atoms with Gasteiger partial charge in [0.25, 0.3) is 5.91 Å². The lowest BCUT2D eigenvalue weighted by atomic mass is 10.1. The number of benzene rings is 2. The summed E-state index contributed by atoms with van der Waals surface area (Å²) in [6.45, 7) is 2.84. The van der Waals surface area contributed by atoms with Crippen molar-refractivity contribution in [1.82, 2.24) is 15.1 Å². The maximum absolute atomic E-state index is 12.1. The largest absolute Gasteiger partial charge is 0.481 e. The van der Waals surface area contributed by atoms with Gasteiger partial charge in [-0.3, -0.25) is 9.48 Å². The van der Waals surface area contributed by atoms with Crippen LogP contribution in [0.25, 0.3) is 11.1 Å². The molecule has 128 valence electrons. The van der Waals surface area contributed by atoms with Crippen molar-refractivity contribution in [2.45, 2.75) is 19.6 Å². The first-order valence-electron chi connectivity index (χ1n) is 8.29. The van der Waals surface area contributed by atoms with Crippen molar-refractivity contribution in [3.05, 3.63) is 73.1 Å². The van der Waals surface area contributed by atoms with E-state index in [0.29, 0.717) is 18.8 Å². The molecule has 5 nitrogen and oxygen atoms in total. The lowest BCUT2D eigenvalue weighted by molar-refractivity contribution is -0.127. The number of amides is 1. The molecule has 0 saturated carbocycles. The fourth-order valence-corrected chi connectivity index (χ4v) is 2.46. The highest BCUT2D eigenvalue weighted by Crippen LogP contribution is 2.17. The van der Waals surface area contributed by atoms with Crippen molar-refractivity contribution >= 4 is 5.91 Å². The normalized spacial score (nSPS) is 11.7. The highest BCUT2D eigenvalue weighted by Gasteiger charge is 2.13. The van der Waals surface area contributed by atoms with E-state index in [-0.39, 0.29) is 5.91 Å². The first-order chi connectivity index (χ1) is 12.2. The summed E-state index contributed by atoms with van der Waals surface area (Å²) in [6, 6.07) is 19.4. The zero-order valence-electron chi connectivity index (χ0n) is 14.1. The number of aromatic nitrogens is 2. The summed E-state index contributed by atoms with van der Waals surface area (Å²) >= 11 is 0. The van der Waals surface area contributed by atoms with Crippen LogP contribution in [0.1, 0.15) is 6.92 Å². The summed E-state index contributed by atoms with van der Waals surface area (Å²) in [5, 5.41) is 7.21. The van der Waals surface area contributed by atoms with Gasteiger partial charge in [-0.05, 0) is 24.6 Å². The topological polar surface area (TPSA) is 56.1 Å². The smallest absolute Gasteiger partial charge is 0.260 e. The van der Waals surface area contributed by atoms with Gasteiger partial charge in [0.15, 0.2) is 6.10 Å². The highest BCUT2D eigenvalue weighted by molar-refractivity contribution is 5.80. The van der Waals surface area contributed by atoms with E-state index >= 15 is 0 Å². The maximum Gasteiger partial charge on any atom is 0.260 e. The van der Waals surface area contributed by atoms with Gasteiger partial charge in [-0.25, -0.2) is 0 Å². The first kappa shape index (κ1) is 16.8. The van der Waals surface area contributed by atoms with Crippen LogP contribution in [0, 0.1) is 0 Å². The molecule has 0 spiro atoms. The quantitative estimate of drug-likeness (QED) is 0.722. The molecule has 0 aliphatic heterocycles. The summed E-state index contributed by atoms with van der Waals surface area (Å²) < 4.78 is 7.43. The van der Waals surface area contributed by atoms with Crippen LogP contribution in [0.5, 0.6) is 5.75 Å². The monoisotopic (exact) mass is 335 g/mol. The molecule has 3 aromatic rings. The number of nitrogens with zero attached hydrogens (tertiary/aromatic N) is 2. The third kappa shape index (κ3) is 4.70. The highest BCUT2D eigenvalue weighted by atomic mass is 16.5. The van der Waals surface area contributed by atoms with Gasteiger partial charge in [0, 0.05) is 18.3 Å². The van der Waals surface area contributed by atoms with Crippen molar-refractivity contribution in [1.29, 1.82) is 0 Å². The van der Waals surface area contributed by atoms with Gasteiger partial charge < -0.3 is 10.1 Å². The number of hydrogen-bond acceptors (Lipinski definition) is 3. The van der Waals surface area contributed by atoms with Gasteiger partial charge in [0.2, 0.25) is 0 Å². The SMILES string of the molecule is C[C@H](Oc1ccccc1)C(=O)NCCn1cc(-c2ccccc2)cn1. The van der Waals surface area contributed by atoms with Crippen LogP contribution in [-0.4, -0.2) is 28.3 Å². The van der Waals surface area contributed by atoms with E-state index < -0.39 is 6.10 Å². The fourth-order valence-electron chi connectivity index (χ4n) is 2.46. The molecule has 1 aromatic heterocycles. The van der Waals surface area contributed by atoms with E-state index in [0.717, 1.165) is 11.1 Å². The van der Waals surface area contributed by atoms with E-state index in [9.17, 15) is 4.79 Å². The Morgan fingerprint density at radius 2 is 1.76 bits per heavy atom. The van der Waals surface area contributed by atoms with Crippen molar-refractivity contribution in [3.63, 3.8) is 0 Å². The maximum atomic E-state index is 12.1. The second-order valence-electron chi connectivity index (χ2n) is 5.72. The zero-order valence-corrected chi connectivity index (χ0v) is 14.1. The van der Waals surface area contributed by atoms with E-state index in [2.05, 4.69) is 10.4 Å². The number of carbonyl (C=O) groups is 1. The van der Waals surface area contributed by atoms with Crippen LogP contribution < -0.4 is 10.1 Å². The van der Waals surface area contributed by atoms with Gasteiger partial charge in [-0.15, -0.1) is 0 Å². The third-order valence-electron chi connectivity index (χ3n) is 3.81. The summed E-state index contributed by atoms with van der Waals surface area (Å²) in [4.78, 5) is 12.1. The molecular weight excluding hydrogens is 314 g/mol. The molecule has 0 aliphatic rings. The van der Waals surface area contributed by atoms with Crippen LogP contribution in [0.3, 0.4) is 0 Å². The number of para-hydroxylation sites is 1. The van der Waals surface area contributed by atoms with Crippen LogP contribution in [0.2, 0.25) is 0 Å². The van der Waals surface area contributed by atoms with Crippen LogP contribution >= 0.6 is 0 Å². The predicted molar refractivity (Wildman–Crippen MR) is 97.2 cm³/mol. The van der Waals surface area contributed by atoms with Crippen LogP contribution in [0.4, 0.5) is 0 Å². The van der Waals surface area contributed by atoms with Gasteiger partial charge in [-0.2, -0.15) is 5.10 Å². The van der Waals surface area contributed by atoms with E-state index in [1.54, 1.807) is 6.92 Å². The molecule has 0 radical (unpaired) electrons. The average molecular weight is 335 g/mol. The molecule has 25 heavy (non-hydrogen) atoms. The minimum atomic E-state index is -0.542. The lowest BCUT2D eigenvalue weighted by Gasteiger charge is -2.14. The number of rotatable bonds is 7. The van der Waals surface area contributed by atoms with Gasteiger partial charge in [0.1, 0.15) is 5.75 Å². The van der Waals surface area contributed by atoms with Crippen molar-refractivity contribution in [3.8, 4) is 16.9 Å². The number of hydrogen-bond donors (Lipinski definition) is 1. The molecule has 1 heterocycles. The Kier molecular flexibility index (Phi) is 5.46. The number of nitrogens with one attached hydrogen (secondary N) is 1. The van der Waals surface area contributed by atoms with E-state index in [1.165, 1.54) is 0 Å². The van der Waals surface area contributed by atoms with Crippen LogP contribution in [0.15, 0.2) is 73.1 Å². The zero-order chi connectivity index (χ0) is 17.5. The minimum absolute atomic E-state index is 0.140. The fraction of sp³-hybridized carbons (Fsp3) is 0.200. The third-order valence-corrected chi connectivity index (χ3v) is 3.81. The minimum Gasteiger partial charge on any atom is -0.481 e. The number of ether oxygens (including phenoxy) is 1. The summed E-state index contributed by atoms with van der Waals surface area (Å²) in [7, 11) is 0. The molecule has 1 atom stereocenters. The Hall–Kier alpha value is -3.08. The first-order valence-corrected chi connectivity index (χ1v) is 8.29. The molecule has 0 bridgehead atoms. The Bertz CT molecular complexity index is 800. The molecule has 5 heteroatoms. The van der Waals surface area contributed by atoms with E-state index in [4.69, 9.17) is 4.74 Å². The predicted octanol–water partition coefficient (Wildman–Crippen LogP) is 3.13. The van der Waals surface area contributed by atoms with Gasteiger partial charge in [-0.1, -0.05) is 48.5 Å². The van der Waals surface area contributed by atoms with Crippen molar-refractivity contribution in [2.24, 2.45) is 0 Å². The average Bonchev–Trinajstić information content (AvgIpc) is 3.12. The van der Waals surface area contributed by atoms with Crippen molar-refractivity contribution < 1.29 is 9.53 Å². The summed E-state index contributed by atoms with van der Waals surface area (Å²) in [5.41, 5.74) is 2.19. The standard InChI is InChI=1S/C20H21N3O2/c1-16(25-19-10-6-3-7-11-19)20(24)21-12-13-23-15-18(14-22-23)17-8-4-2-5-9-17/h2-11,14-16H,12-13H2,1H3,(H,21,24)/t16-/m0/s1. The lowest BCUT2D eigenvalue weighted by Crippen LogP contribution is -2.37. The molecule has 0 unspecified atom stereocenters. The molecule has 3 rings (SSSR count). The Morgan fingerprint density at radius 3 is 2.48 bits per heavy atom. The Balaban J connectivity index is 1.46. The van der Waals surface area contributed by atoms with E-state index in [1.807, 2.05) is 77.7 Å². The van der Waals surface area contributed by atoms with Crippen LogP contribution in [-0.2, 0) is 11.3 Å². The summed E-state index contributed by atoms with van der Waals surface area (Å²) in [5.74, 6) is 0.545. The molecule has 0 fully saturated rings. The molecule has 2 aromatic carbocycles. The Morgan fingerprint density at radius 1 is 1.08 bits per heavy atom. The summed E-state index contributed by atoms with van der Waals surface area (Å²) in [6.07, 6.45) is 3.27.